The molecule has 0 bridgehead atoms. The van der Waals surface area contributed by atoms with Gasteiger partial charge >= 0.3 is 0 Å². The minimum Gasteiger partial charge on any atom is -0.331 e. The summed E-state index contributed by atoms with van der Waals surface area (Å²) in [5.74, 6) is 0.569. The highest BCUT2D eigenvalue weighted by atomic mass is 35.5. The molecule has 0 atom stereocenters. The second-order valence-electron chi connectivity index (χ2n) is 9.31. The van der Waals surface area contributed by atoms with Crippen molar-refractivity contribution in [1.82, 2.24) is 29.6 Å². The molecule has 0 aliphatic carbocycles. The molecule has 2 aliphatic heterocycles. The maximum absolute atomic E-state index is 11.3. The lowest BCUT2D eigenvalue weighted by Gasteiger charge is -2.20. The van der Waals surface area contributed by atoms with Crippen LogP contribution in [0.4, 0.5) is 0 Å². The number of guanidine groups is 2. The van der Waals surface area contributed by atoms with Crippen molar-refractivity contribution in [1.29, 1.82) is 0 Å². The third kappa shape index (κ3) is 7.36. The second kappa shape index (κ2) is 12.6. The van der Waals surface area contributed by atoms with E-state index in [2.05, 4.69) is 20.2 Å². The first-order chi connectivity index (χ1) is 19.7. The molecular weight excluding hydrogens is 595 g/mol. The van der Waals surface area contributed by atoms with Gasteiger partial charge in [0, 0.05) is 61.4 Å². The molecule has 0 spiro atoms. The van der Waals surface area contributed by atoms with Crippen molar-refractivity contribution in [3.63, 3.8) is 0 Å². The third-order valence-corrected chi connectivity index (χ3v) is 7.99. The molecule has 41 heavy (non-hydrogen) atoms. The summed E-state index contributed by atoms with van der Waals surface area (Å²) in [6.07, 6.45) is 3.28. The Morgan fingerprint density at radius 2 is 1.07 bits per heavy atom. The number of hydrogen-bond acceptors (Lipinski definition) is 7. The van der Waals surface area contributed by atoms with Crippen LogP contribution in [0.5, 0.6) is 0 Å². The number of nitrogens with zero attached hydrogens (tertiary/aromatic N) is 10. The zero-order valence-corrected chi connectivity index (χ0v) is 23.9. The standard InChI is InChI=1S/C24H24Cl2N10O4S/c25-21-5-1-17(11-27-21)13-31-7-9-33(23(31)29-35(37)38)15-19-3-4-20(41-19)16-34-10-8-32(24(34)30-36(39)40)14-18-2-6-22(26)28-12-18/h1-6,11-12H,7-10,13-16H2/b29-23+,30-24+. The van der Waals surface area contributed by atoms with E-state index in [9.17, 15) is 20.2 Å². The second-order valence-corrected chi connectivity index (χ2v) is 11.3. The lowest BCUT2D eigenvalue weighted by atomic mass is 10.3. The van der Waals surface area contributed by atoms with Crippen LogP contribution in [0.25, 0.3) is 0 Å². The molecule has 0 unspecified atom stereocenters. The average molecular weight is 619 g/mol. The van der Waals surface area contributed by atoms with E-state index in [1.807, 2.05) is 43.9 Å². The van der Waals surface area contributed by atoms with Gasteiger partial charge in [-0.1, -0.05) is 35.3 Å². The first kappa shape index (κ1) is 28.4. The quantitative estimate of drug-likeness (QED) is 0.187. The molecular formula is C24H24Cl2N10O4S. The van der Waals surface area contributed by atoms with Gasteiger partial charge in [-0.2, -0.15) is 0 Å². The topological polar surface area (TPSA) is 150 Å². The largest absolute Gasteiger partial charge is 0.331 e. The van der Waals surface area contributed by atoms with E-state index in [0.29, 0.717) is 62.7 Å². The number of aromatic nitrogens is 2. The molecule has 5 heterocycles. The Kier molecular flexibility index (Phi) is 8.75. The van der Waals surface area contributed by atoms with E-state index in [4.69, 9.17) is 23.2 Å². The summed E-state index contributed by atoms with van der Waals surface area (Å²) in [6.45, 7) is 4.00. The fourth-order valence-electron chi connectivity index (χ4n) is 4.69. The van der Waals surface area contributed by atoms with Crippen LogP contribution in [0.15, 0.2) is 59.0 Å². The summed E-state index contributed by atoms with van der Waals surface area (Å²) in [6, 6.07) is 10.9. The molecule has 0 radical (unpaired) electrons. The molecule has 0 saturated carbocycles. The molecule has 3 aromatic heterocycles. The molecule has 5 rings (SSSR count). The number of rotatable bonds is 10. The average Bonchev–Trinajstić information content (AvgIpc) is 3.63. The zero-order chi connectivity index (χ0) is 28.9. The Morgan fingerprint density at radius 3 is 1.41 bits per heavy atom. The van der Waals surface area contributed by atoms with E-state index >= 15 is 0 Å². The summed E-state index contributed by atoms with van der Waals surface area (Å²) < 4.78 is 0. The normalized spacial score (nSPS) is 17.3. The predicted molar refractivity (Wildman–Crippen MR) is 153 cm³/mol. The molecule has 2 aliphatic rings. The number of pyridine rings is 2. The van der Waals surface area contributed by atoms with Crippen molar-refractivity contribution in [2.75, 3.05) is 26.2 Å². The van der Waals surface area contributed by atoms with Gasteiger partial charge in [0.2, 0.25) is 0 Å². The number of hydrogen-bond donors (Lipinski definition) is 0. The SMILES string of the molecule is O=[N+]([O-])/N=C1\N(Cc2ccc(Cl)nc2)CCN1Cc1ccc(CN2CCN(Cc3ccc(Cl)nc3)/C2=N\[N+](=O)[O-])s1. The number of thiophene rings is 1. The van der Waals surface area contributed by atoms with Crippen molar-refractivity contribution in [2.24, 2.45) is 10.2 Å². The van der Waals surface area contributed by atoms with Crippen LogP contribution in [-0.2, 0) is 26.2 Å². The van der Waals surface area contributed by atoms with Crippen LogP contribution in [0.2, 0.25) is 10.3 Å². The van der Waals surface area contributed by atoms with Gasteiger partial charge in [-0.25, -0.2) is 30.2 Å². The van der Waals surface area contributed by atoms with Crippen LogP contribution in [-0.4, -0.2) is 77.7 Å². The Hall–Kier alpha value is -4.08. The Balaban J connectivity index is 1.25. The van der Waals surface area contributed by atoms with Crippen molar-refractivity contribution >= 4 is 46.5 Å². The van der Waals surface area contributed by atoms with Crippen molar-refractivity contribution in [2.45, 2.75) is 26.2 Å². The lowest BCUT2D eigenvalue weighted by Crippen LogP contribution is -2.34. The molecule has 0 aromatic carbocycles. The van der Waals surface area contributed by atoms with Gasteiger partial charge in [-0.3, -0.25) is 0 Å². The summed E-state index contributed by atoms with van der Waals surface area (Å²) in [5, 5.41) is 29.4. The molecule has 2 saturated heterocycles. The van der Waals surface area contributed by atoms with Crippen LogP contribution < -0.4 is 0 Å². The minimum atomic E-state index is -0.684. The van der Waals surface area contributed by atoms with Crippen LogP contribution in [0, 0.1) is 20.2 Å². The Morgan fingerprint density at radius 1 is 0.683 bits per heavy atom. The smallest absolute Gasteiger partial charge is 0.274 e. The van der Waals surface area contributed by atoms with E-state index in [0.717, 1.165) is 20.9 Å². The molecule has 0 N–H and O–H groups in total. The van der Waals surface area contributed by atoms with Gasteiger partial charge < -0.3 is 19.6 Å². The van der Waals surface area contributed by atoms with Gasteiger partial charge in [-0.15, -0.1) is 11.3 Å². The maximum atomic E-state index is 11.3. The summed E-state index contributed by atoms with van der Waals surface area (Å²) >= 11 is 13.3. The first-order valence-electron chi connectivity index (χ1n) is 12.5. The van der Waals surface area contributed by atoms with Crippen molar-refractivity contribution in [3.8, 4) is 0 Å². The fraction of sp³-hybridized carbons (Fsp3) is 0.333. The monoisotopic (exact) mass is 618 g/mol. The van der Waals surface area contributed by atoms with Gasteiger partial charge in [0.25, 0.3) is 11.9 Å². The van der Waals surface area contributed by atoms with E-state index in [1.165, 1.54) is 0 Å². The summed E-state index contributed by atoms with van der Waals surface area (Å²) in [7, 11) is 0. The highest BCUT2D eigenvalue weighted by Crippen LogP contribution is 2.25. The van der Waals surface area contributed by atoms with Gasteiger partial charge in [0.1, 0.15) is 20.5 Å². The molecule has 0 amide bonds. The van der Waals surface area contributed by atoms with E-state index < -0.39 is 10.1 Å². The molecule has 14 nitrogen and oxygen atoms in total. The van der Waals surface area contributed by atoms with E-state index in [1.54, 1.807) is 35.9 Å². The van der Waals surface area contributed by atoms with Crippen LogP contribution in [0.1, 0.15) is 20.9 Å². The van der Waals surface area contributed by atoms with Gasteiger partial charge in [0.05, 0.1) is 13.1 Å². The lowest BCUT2D eigenvalue weighted by molar-refractivity contribution is -0.486. The minimum absolute atomic E-state index is 0.284. The van der Waals surface area contributed by atoms with E-state index in [-0.39, 0.29) is 11.9 Å². The highest BCUT2D eigenvalue weighted by Gasteiger charge is 2.32. The molecule has 3 aromatic rings. The van der Waals surface area contributed by atoms with Gasteiger partial charge in [-0.05, 0) is 35.4 Å². The molecule has 214 valence electrons. The van der Waals surface area contributed by atoms with Crippen molar-refractivity contribution < 1.29 is 10.1 Å². The number of halogens is 2. The summed E-state index contributed by atoms with van der Waals surface area (Å²) in [4.78, 5) is 40.2. The van der Waals surface area contributed by atoms with Gasteiger partial charge in [0.15, 0.2) is 10.1 Å². The third-order valence-electron chi connectivity index (χ3n) is 6.49. The Labute approximate surface area is 248 Å². The van der Waals surface area contributed by atoms with Crippen LogP contribution in [0.3, 0.4) is 0 Å². The highest BCUT2D eigenvalue weighted by molar-refractivity contribution is 7.12. The number of hydrazone groups is 2. The predicted octanol–water partition coefficient (Wildman–Crippen LogP) is 3.58. The molecule has 17 heteroatoms. The maximum Gasteiger partial charge on any atom is 0.274 e. The number of nitro groups is 2. The summed E-state index contributed by atoms with van der Waals surface area (Å²) in [5.41, 5.74) is 1.73. The Bertz CT molecular complexity index is 1360. The van der Waals surface area contributed by atoms with Crippen molar-refractivity contribution in [3.05, 3.63) is 100 Å². The fourth-order valence-corrected chi connectivity index (χ4v) is 5.96. The van der Waals surface area contributed by atoms with Crippen LogP contribution >= 0.6 is 34.5 Å². The first-order valence-corrected chi connectivity index (χ1v) is 14.0. The molecule has 2 fully saturated rings. The zero-order valence-electron chi connectivity index (χ0n) is 21.5.